The molecule has 4 fully saturated rings. The zero-order valence-electron chi connectivity index (χ0n) is 16.9. The van der Waals surface area contributed by atoms with Gasteiger partial charge in [-0.3, -0.25) is 19.2 Å². The van der Waals surface area contributed by atoms with Crippen LogP contribution in [0, 0.1) is 5.92 Å². The van der Waals surface area contributed by atoms with Gasteiger partial charge in [0.2, 0.25) is 23.6 Å². The maximum atomic E-state index is 13.3. The van der Waals surface area contributed by atoms with E-state index < -0.39 is 12.1 Å². The Hall–Kier alpha value is -1.77. The van der Waals surface area contributed by atoms with Crippen LogP contribution in [0.15, 0.2) is 0 Å². The zero-order chi connectivity index (χ0) is 20.5. The fourth-order valence-corrected chi connectivity index (χ4v) is 5.71. The van der Waals surface area contributed by atoms with Crippen LogP contribution in [-0.2, 0) is 19.2 Å². The van der Waals surface area contributed by atoms with Gasteiger partial charge >= 0.3 is 0 Å². The third-order valence-corrected chi connectivity index (χ3v) is 7.31. The molecule has 3 saturated heterocycles. The third-order valence-electron chi connectivity index (χ3n) is 6.78. The first-order valence-corrected chi connectivity index (χ1v) is 12.1. The maximum Gasteiger partial charge on any atom is 0.248 e. The predicted octanol–water partition coefficient (Wildman–Crippen LogP) is 0.115. The summed E-state index contributed by atoms with van der Waals surface area (Å²) in [5.41, 5.74) is 0. The first-order chi connectivity index (χ1) is 14.0. The summed E-state index contributed by atoms with van der Waals surface area (Å²) in [6.45, 7) is 0.824. The summed E-state index contributed by atoms with van der Waals surface area (Å²) < 4.78 is 0. The van der Waals surface area contributed by atoms with Gasteiger partial charge in [-0.1, -0.05) is 19.3 Å². The Kier molecular flexibility index (Phi) is 6.03. The van der Waals surface area contributed by atoms with Gasteiger partial charge in [-0.2, -0.15) is 11.8 Å². The lowest BCUT2D eigenvalue weighted by atomic mass is 9.88. The number of nitrogens with zero attached hydrogens (tertiary/aromatic N) is 2. The van der Waals surface area contributed by atoms with Crippen LogP contribution in [-0.4, -0.2) is 82.7 Å². The van der Waals surface area contributed by atoms with Crippen molar-refractivity contribution in [2.24, 2.45) is 5.92 Å². The number of carbonyl (C=O) groups is 4. The van der Waals surface area contributed by atoms with Crippen molar-refractivity contribution in [1.82, 2.24) is 20.4 Å². The summed E-state index contributed by atoms with van der Waals surface area (Å²) in [7, 11) is 0. The molecule has 3 heterocycles. The molecule has 3 aliphatic heterocycles. The average molecular weight is 423 g/mol. The molecule has 2 N–H and O–H groups in total. The fraction of sp³-hybridized carbons (Fsp3) is 0.800. The van der Waals surface area contributed by atoms with Crippen LogP contribution in [0.2, 0.25) is 0 Å². The van der Waals surface area contributed by atoms with E-state index in [2.05, 4.69) is 10.6 Å². The van der Waals surface area contributed by atoms with E-state index in [4.69, 9.17) is 0 Å². The number of nitrogens with one attached hydrogen (secondary N) is 2. The van der Waals surface area contributed by atoms with Crippen LogP contribution in [0.5, 0.6) is 0 Å². The number of hydrogen-bond donors (Lipinski definition) is 2. The minimum Gasteiger partial charge on any atom is -0.351 e. The maximum absolute atomic E-state index is 13.3. The molecule has 4 unspecified atom stereocenters. The normalized spacial score (nSPS) is 32.4. The highest BCUT2D eigenvalue weighted by Crippen LogP contribution is 2.30. The molecule has 9 heteroatoms. The van der Waals surface area contributed by atoms with E-state index in [0.717, 1.165) is 25.7 Å². The van der Waals surface area contributed by atoms with Crippen LogP contribution >= 0.6 is 11.8 Å². The zero-order valence-corrected chi connectivity index (χ0v) is 17.7. The molecule has 0 aromatic heterocycles. The van der Waals surface area contributed by atoms with Crippen LogP contribution in [0.25, 0.3) is 0 Å². The number of fused-ring (bicyclic) bond motifs is 2. The number of rotatable bonds is 4. The Balaban J connectivity index is 1.45. The van der Waals surface area contributed by atoms with Crippen molar-refractivity contribution in [2.45, 2.75) is 69.1 Å². The van der Waals surface area contributed by atoms with Gasteiger partial charge in [0, 0.05) is 25.0 Å². The van der Waals surface area contributed by atoms with Crippen LogP contribution in [0.1, 0.15) is 44.9 Å². The molecule has 1 saturated carbocycles. The predicted molar refractivity (Wildman–Crippen MR) is 109 cm³/mol. The van der Waals surface area contributed by atoms with Gasteiger partial charge in [0.15, 0.2) is 0 Å². The number of amides is 4. The molecule has 0 bridgehead atoms. The summed E-state index contributed by atoms with van der Waals surface area (Å²) in [6.07, 6.45) is 8.09. The molecule has 4 aliphatic rings. The molecule has 29 heavy (non-hydrogen) atoms. The molecule has 160 valence electrons. The largest absolute Gasteiger partial charge is 0.351 e. The Labute approximate surface area is 175 Å². The molecule has 0 spiro atoms. The summed E-state index contributed by atoms with van der Waals surface area (Å²) in [6, 6.07) is -1.72. The number of likely N-dealkylation sites (tertiary alicyclic amines) is 1. The van der Waals surface area contributed by atoms with Crippen LogP contribution < -0.4 is 10.6 Å². The molecule has 4 atom stereocenters. The van der Waals surface area contributed by atoms with Gasteiger partial charge in [-0.15, -0.1) is 0 Å². The van der Waals surface area contributed by atoms with Crippen molar-refractivity contribution in [1.29, 1.82) is 0 Å². The van der Waals surface area contributed by atoms with Crippen molar-refractivity contribution < 1.29 is 19.2 Å². The van der Waals surface area contributed by atoms with E-state index in [1.807, 2.05) is 6.26 Å². The lowest BCUT2D eigenvalue weighted by Gasteiger charge is -2.29. The highest BCUT2D eigenvalue weighted by Gasteiger charge is 2.52. The summed E-state index contributed by atoms with van der Waals surface area (Å²) in [4.78, 5) is 54.4. The second-order valence-electron chi connectivity index (χ2n) is 8.65. The smallest absolute Gasteiger partial charge is 0.248 e. The van der Waals surface area contributed by atoms with E-state index in [9.17, 15) is 19.2 Å². The molecule has 1 aliphatic carbocycles. The lowest BCUT2D eigenvalue weighted by molar-refractivity contribution is -0.143. The lowest BCUT2D eigenvalue weighted by Crippen LogP contribution is -2.53. The molecule has 8 nitrogen and oxygen atoms in total. The van der Waals surface area contributed by atoms with Crippen molar-refractivity contribution in [3.05, 3.63) is 0 Å². The summed E-state index contributed by atoms with van der Waals surface area (Å²) in [5, 5.41) is 6.08. The molecule has 4 amide bonds. The molecule has 0 aromatic carbocycles. The third kappa shape index (κ3) is 3.98. The standard InChI is InChI=1S/C20H30N4O4S/c1-29-11-16(25)23-8-7-14-17(23)20(28)24-10-13(9-15(24)19(27)22-14)21-18(26)12-5-3-2-4-6-12/h12-15,17H,2-11H2,1H3,(H,21,26)(H,22,27). The highest BCUT2D eigenvalue weighted by atomic mass is 32.2. The number of thioether (sulfide) groups is 1. The summed E-state index contributed by atoms with van der Waals surface area (Å²) in [5.74, 6) is 0.0309. The van der Waals surface area contributed by atoms with E-state index in [-0.39, 0.29) is 41.6 Å². The SMILES string of the molecule is CSCC(=O)N1CCC2NC(=O)C3CC(NC(=O)C4CCCCC4)CN3C(=O)C21. The van der Waals surface area contributed by atoms with Crippen LogP contribution in [0.4, 0.5) is 0 Å². The second kappa shape index (κ2) is 8.53. The van der Waals surface area contributed by atoms with E-state index in [0.29, 0.717) is 31.7 Å². The van der Waals surface area contributed by atoms with E-state index >= 15 is 0 Å². The van der Waals surface area contributed by atoms with Crippen LogP contribution in [0.3, 0.4) is 0 Å². The molecular weight excluding hydrogens is 392 g/mol. The Bertz CT molecular complexity index is 696. The van der Waals surface area contributed by atoms with Gasteiger partial charge in [-0.05, 0) is 31.9 Å². The monoisotopic (exact) mass is 422 g/mol. The molecule has 0 radical (unpaired) electrons. The topological polar surface area (TPSA) is 98.8 Å². The fourth-order valence-electron chi connectivity index (χ4n) is 5.30. The summed E-state index contributed by atoms with van der Waals surface area (Å²) >= 11 is 1.43. The minimum absolute atomic E-state index is 0.0487. The van der Waals surface area contributed by atoms with Gasteiger partial charge in [0.05, 0.1) is 11.8 Å². The van der Waals surface area contributed by atoms with Crippen molar-refractivity contribution in [3.63, 3.8) is 0 Å². The van der Waals surface area contributed by atoms with E-state index in [1.165, 1.54) is 18.2 Å². The van der Waals surface area contributed by atoms with Gasteiger partial charge < -0.3 is 20.4 Å². The van der Waals surface area contributed by atoms with Crippen molar-refractivity contribution in [3.8, 4) is 0 Å². The van der Waals surface area contributed by atoms with E-state index in [1.54, 1.807) is 9.80 Å². The number of carbonyl (C=O) groups excluding carboxylic acids is 4. The first kappa shape index (κ1) is 20.5. The minimum atomic E-state index is -0.628. The Morgan fingerprint density at radius 3 is 2.66 bits per heavy atom. The number of hydrogen-bond acceptors (Lipinski definition) is 5. The Morgan fingerprint density at radius 1 is 1.17 bits per heavy atom. The quantitative estimate of drug-likeness (QED) is 0.670. The first-order valence-electron chi connectivity index (χ1n) is 10.7. The van der Waals surface area contributed by atoms with Gasteiger partial charge in [-0.25, -0.2) is 0 Å². The molecule has 0 aromatic rings. The molecular formula is C20H30N4O4S. The van der Waals surface area contributed by atoms with Crippen molar-refractivity contribution >= 4 is 35.4 Å². The average Bonchev–Trinajstić information content (AvgIpc) is 3.31. The second-order valence-corrected chi connectivity index (χ2v) is 9.52. The van der Waals surface area contributed by atoms with Crippen molar-refractivity contribution in [2.75, 3.05) is 25.1 Å². The highest BCUT2D eigenvalue weighted by molar-refractivity contribution is 7.99. The molecule has 4 rings (SSSR count). The van der Waals surface area contributed by atoms with Gasteiger partial charge in [0.25, 0.3) is 0 Å². The van der Waals surface area contributed by atoms with Gasteiger partial charge in [0.1, 0.15) is 12.1 Å². The Morgan fingerprint density at radius 2 is 1.93 bits per heavy atom.